The normalized spacial score (nSPS) is 24.7. The summed E-state index contributed by atoms with van der Waals surface area (Å²) in [6.45, 7) is 1.92. The SMILES string of the molecule is Cc1ccc(C2C(=O)NC(=O)C2Br)c(Cl)c1. The molecule has 2 rings (SSSR count). The zero-order valence-electron chi connectivity index (χ0n) is 8.46. The van der Waals surface area contributed by atoms with Crippen LogP contribution >= 0.6 is 27.5 Å². The lowest BCUT2D eigenvalue weighted by atomic mass is 9.96. The molecule has 1 fully saturated rings. The highest BCUT2D eigenvalue weighted by molar-refractivity contribution is 9.10. The van der Waals surface area contributed by atoms with E-state index in [1.807, 2.05) is 13.0 Å². The number of carbonyl (C=O) groups is 2. The monoisotopic (exact) mass is 301 g/mol. The number of halogens is 2. The second kappa shape index (κ2) is 4.18. The molecular weight excluding hydrogens is 293 g/mol. The van der Waals surface area contributed by atoms with Crippen LogP contribution in [0.4, 0.5) is 0 Å². The smallest absolute Gasteiger partial charge is 0.241 e. The molecule has 2 atom stereocenters. The zero-order chi connectivity index (χ0) is 11.9. The van der Waals surface area contributed by atoms with Gasteiger partial charge in [-0.3, -0.25) is 14.9 Å². The first-order valence-corrected chi connectivity index (χ1v) is 6.05. The van der Waals surface area contributed by atoms with E-state index in [2.05, 4.69) is 21.2 Å². The summed E-state index contributed by atoms with van der Waals surface area (Å²) in [6.07, 6.45) is 0. The molecule has 1 aliphatic heterocycles. The molecule has 1 aliphatic rings. The predicted molar refractivity (Wildman–Crippen MR) is 64.8 cm³/mol. The number of rotatable bonds is 1. The maximum absolute atomic E-state index is 11.6. The van der Waals surface area contributed by atoms with Crippen LogP contribution in [0.25, 0.3) is 0 Å². The van der Waals surface area contributed by atoms with Gasteiger partial charge in [0.25, 0.3) is 0 Å². The lowest BCUT2D eigenvalue weighted by Gasteiger charge is -2.12. The number of aryl methyl sites for hydroxylation is 1. The van der Waals surface area contributed by atoms with Gasteiger partial charge in [-0.05, 0) is 24.1 Å². The maximum Gasteiger partial charge on any atom is 0.241 e. The second-order valence-electron chi connectivity index (χ2n) is 3.76. The van der Waals surface area contributed by atoms with E-state index in [-0.39, 0.29) is 11.8 Å². The second-order valence-corrected chi connectivity index (χ2v) is 5.15. The number of hydrogen-bond donors (Lipinski definition) is 1. The van der Waals surface area contributed by atoms with Crippen LogP contribution in [0.15, 0.2) is 18.2 Å². The third-order valence-electron chi connectivity index (χ3n) is 2.56. The minimum atomic E-state index is -0.541. The Hall–Kier alpha value is -0.870. The average molecular weight is 303 g/mol. The number of amides is 2. The van der Waals surface area contributed by atoms with Crippen molar-refractivity contribution in [3.05, 3.63) is 34.3 Å². The van der Waals surface area contributed by atoms with Crippen LogP contribution < -0.4 is 5.32 Å². The van der Waals surface area contributed by atoms with Gasteiger partial charge in [-0.1, -0.05) is 39.7 Å². The molecule has 84 valence electrons. The largest absolute Gasteiger partial charge is 0.295 e. The average Bonchev–Trinajstić information content (AvgIpc) is 2.43. The van der Waals surface area contributed by atoms with E-state index in [0.717, 1.165) is 5.56 Å². The van der Waals surface area contributed by atoms with Gasteiger partial charge in [-0.15, -0.1) is 0 Å². The molecule has 0 bridgehead atoms. The van der Waals surface area contributed by atoms with Crippen LogP contribution in [0.5, 0.6) is 0 Å². The van der Waals surface area contributed by atoms with Crippen LogP contribution in [0.3, 0.4) is 0 Å². The molecule has 2 amide bonds. The Morgan fingerprint density at radius 2 is 2.00 bits per heavy atom. The summed E-state index contributed by atoms with van der Waals surface area (Å²) in [5.41, 5.74) is 1.70. The summed E-state index contributed by atoms with van der Waals surface area (Å²) in [5.74, 6) is -1.16. The fraction of sp³-hybridized carbons (Fsp3) is 0.273. The van der Waals surface area contributed by atoms with Crippen molar-refractivity contribution in [2.75, 3.05) is 0 Å². The highest BCUT2D eigenvalue weighted by atomic mass is 79.9. The molecule has 5 heteroatoms. The van der Waals surface area contributed by atoms with Gasteiger partial charge in [-0.25, -0.2) is 0 Å². The van der Waals surface area contributed by atoms with E-state index in [0.29, 0.717) is 10.6 Å². The number of imide groups is 1. The third-order valence-corrected chi connectivity index (χ3v) is 3.83. The molecule has 2 unspecified atom stereocenters. The first-order valence-electron chi connectivity index (χ1n) is 4.75. The van der Waals surface area contributed by atoms with Crippen molar-refractivity contribution in [2.45, 2.75) is 17.7 Å². The topological polar surface area (TPSA) is 46.2 Å². The summed E-state index contributed by atoms with van der Waals surface area (Å²) >= 11 is 9.28. The van der Waals surface area contributed by atoms with Crippen molar-refractivity contribution >= 4 is 39.3 Å². The van der Waals surface area contributed by atoms with Crippen LogP contribution in [0.1, 0.15) is 17.0 Å². The highest BCUT2D eigenvalue weighted by Gasteiger charge is 2.41. The lowest BCUT2D eigenvalue weighted by molar-refractivity contribution is -0.125. The van der Waals surface area contributed by atoms with Crippen molar-refractivity contribution in [3.8, 4) is 0 Å². The molecule has 0 spiro atoms. The Morgan fingerprint density at radius 1 is 1.31 bits per heavy atom. The molecule has 0 saturated carbocycles. The van der Waals surface area contributed by atoms with Crippen molar-refractivity contribution in [1.29, 1.82) is 0 Å². The first-order chi connectivity index (χ1) is 7.50. The van der Waals surface area contributed by atoms with Crippen molar-refractivity contribution < 1.29 is 9.59 Å². The summed E-state index contributed by atoms with van der Waals surface area (Å²) in [6, 6.07) is 5.44. The van der Waals surface area contributed by atoms with Crippen LogP contribution in [-0.2, 0) is 9.59 Å². The number of carbonyl (C=O) groups excluding carboxylic acids is 2. The summed E-state index contributed by atoms with van der Waals surface area (Å²) in [5, 5.41) is 2.79. The molecule has 1 aromatic rings. The van der Waals surface area contributed by atoms with Gasteiger partial charge in [0.2, 0.25) is 11.8 Å². The van der Waals surface area contributed by atoms with Gasteiger partial charge in [-0.2, -0.15) is 0 Å². The minimum Gasteiger partial charge on any atom is -0.295 e. The highest BCUT2D eigenvalue weighted by Crippen LogP contribution is 2.34. The molecule has 1 aromatic carbocycles. The van der Waals surface area contributed by atoms with Gasteiger partial charge in [0.1, 0.15) is 4.83 Å². The van der Waals surface area contributed by atoms with E-state index in [1.54, 1.807) is 12.1 Å². The molecule has 1 saturated heterocycles. The molecule has 1 heterocycles. The Balaban J connectivity index is 2.44. The maximum atomic E-state index is 11.6. The quantitative estimate of drug-likeness (QED) is 0.638. The van der Waals surface area contributed by atoms with Crippen LogP contribution in [0, 0.1) is 6.92 Å². The Bertz CT molecular complexity index is 475. The summed E-state index contributed by atoms with van der Waals surface area (Å²) in [7, 11) is 0. The van der Waals surface area contributed by atoms with E-state index < -0.39 is 10.7 Å². The predicted octanol–water partition coefficient (Wildman–Crippen LogP) is 2.15. The molecule has 0 radical (unpaired) electrons. The van der Waals surface area contributed by atoms with Crippen LogP contribution in [0.2, 0.25) is 5.02 Å². The third kappa shape index (κ3) is 1.87. The number of benzene rings is 1. The van der Waals surface area contributed by atoms with E-state index in [1.165, 1.54) is 0 Å². The van der Waals surface area contributed by atoms with Crippen molar-refractivity contribution in [1.82, 2.24) is 5.32 Å². The lowest BCUT2D eigenvalue weighted by Crippen LogP contribution is -2.22. The fourth-order valence-corrected chi connectivity index (χ4v) is 2.73. The fourth-order valence-electron chi connectivity index (χ4n) is 1.74. The number of alkyl halides is 1. The zero-order valence-corrected chi connectivity index (χ0v) is 10.8. The molecule has 0 aliphatic carbocycles. The Labute approximate surface area is 106 Å². The Kier molecular flexibility index (Phi) is 3.04. The Morgan fingerprint density at radius 3 is 2.50 bits per heavy atom. The van der Waals surface area contributed by atoms with Crippen molar-refractivity contribution in [3.63, 3.8) is 0 Å². The summed E-state index contributed by atoms with van der Waals surface area (Å²) < 4.78 is 0. The number of hydrogen-bond acceptors (Lipinski definition) is 2. The summed E-state index contributed by atoms with van der Waals surface area (Å²) in [4.78, 5) is 22.4. The minimum absolute atomic E-state index is 0.308. The molecule has 1 N–H and O–H groups in total. The van der Waals surface area contributed by atoms with Gasteiger partial charge < -0.3 is 0 Å². The van der Waals surface area contributed by atoms with Crippen molar-refractivity contribution in [2.24, 2.45) is 0 Å². The first kappa shape index (κ1) is 11.6. The van der Waals surface area contributed by atoms with Gasteiger partial charge in [0.15, 0.2) is 0 Å². The van der Waals surface area contributed by atoms with Crippen LogP contribution in [-0.4, -0.2) is 16.6 Å². The number of nitrogens with one attached hydrogen (secondary N) is 1. The van der Waals surface area contributed by atoms with Gasteiger partial charge in [0, 0.05) is 5.02 Å². The standard InChI is InChI=1S/C11H9BrClNO2/c1-5-2-3-6(7(13)4-5)8-9(12)11(16)14-10(8)15/h2-4,8-9H,1H3,(H,14,15,16). The van der Waals surface area contributed by atoms with Gasteiger partial charge in [0.05, 0.1) is 5.92 Å². The molecule has 0 aromatic heterocycles. The van der Waals surface area contributed by atoms with E-state index in [4.69, 9.17) is 11.6 Å². The van der Waals surface area contributed by atoms with E-state index >= 15 is 0 Å². The van der Waals surface area contributed by atoms with Gasteiger partial charge >= 0.3 is 0 Å². The van der Waals surface area contributed by atoms with E-state index in [9.17, 15) is 9.59 Å². The molecular formula is C11H9BrClNO2. The molecule has 3 nitrogen and oxygen atoms in total. The molecule has 16 heavy (non-hydrogen) atoms.